The highest BCUT2D eigenvalue weighted by atomic mass is 16.5. The summed E-state index contributed by atoms with van der Waals surface area (Å²) in [6, 6.07) is 6.38. The first kappa shape index (κ1) is 13.1. The Morgan fingerprint density at radius 1 is 1.25 bits per heavy atom. The molecule has 0 aromatic heterocycles. The van der Waals surface area contributed by atoms with Crippen molar-refractivity contribution in [3.63, 3.8) is 0 Å². The van der Waals surface area contributed by atoms with Gasteiger partial charge in [0.1, 0.15) is 0 Å². The summed E-state index contributed by atoms with van der Waals surface area (Å²) in [5, 5.41) is 9.01. The summed E-state index contributed by atoms with van der Waals surface area (Å²) in [5.74, 6) is -1.10. The van der Waals surface area contributed by atoms with E-state index in [2.05, 4.69) is 0 Å². The van der Waals surface area contributed by atoms with Crippen molar-refractivity contribution in [2.24, 2.45) is 0 Å². The number of morpholine rings is 1. The number of ether oxygens (including phenoxy) is 1. The zero-order valence-corrected chi connectivity index (χ0v) is 11.1. The lowest BCUT2D eigenvalue weighted by atomic mass is 10.1. The highest BCUT2D eigenvalue weighted by Gasteiger charge is 2.38. The molecule has 1 N–H and O–H groups in total. The van der Waals surface area contributed by atoms with E-state index in [1.165, 1.54) is 12.1 Å². The van der Waals surface area contributed by atoms with Crippen LogP contribution in [0.25, 0.3) is 0 Å². The van der Waals surface area contributed by atoms with Gasteiger partial charge in [-0.15, -0.1) is 0 Å². The molecule has 5 nitrogen and oxygen atoms in total. The van der Waals surface area contributed by atoms with Gasteiger partial charge in [0.2, 0.25) is 0 Å². The summed E-state index contributed by atoms with van der Waals surface area (Å²) >= 11 is 0. The standard InChI is InChI=1S/C15H17NO4/c17-14(10-3-1-4-11(9-10)15(18)19)16-7-8-20-13-6-2-5-12(13)16/h1,3-4,9,12-13H,2,5-8H2,(H,18,19)/t12-,13+/m1/s1. The first-order valence-corrected chi connectivity index (χ1v) is 6.93. The molecule has 2 atom stereocenters. The summed E-state index contributed by atoms with van der Waals surface area (Å²) < 4.78 is 5.69. The molecule has 1 aromatic carbocycles. The molecule has 1 saturated carbocycles. The number of carboxylic acid groups (broad SMARTS) is 1. The number of carbonyl (C=O) groups excluding carboxylic acids is 1. The van der Waals surface area contributed by atoms with Gasteiger partial charge in [-0.25, -0.2) is 4.79 Å². The molecule has 1 heterocycles. The van der Waals surface area contributed by atoms with Gasteiger partial charge < -0.3 is 14.7 Å². The Balaban J connectivity index is 1.84. The van der Waals surface area contributed by atoms with Crippen molar-refractivity contribution in [2.45, 2.75) is 31.4 Å². The number of carboxylic acids is 1. The predicted molar refractivity (Wildman–Crippen MR) is 71.8 cm³/mol. The third-order valence-corrected chi connectivity index (χ3v) is 4.10. The molecule has 1 saturated heterocycles. The van der Waals surface area contributed by atoms with Crippen LogP contribution < -0.4 is 0 Å². The van der Waals surface area contributed by atoms with Gasteiger partial charge in [-0.1, -0.05) is 6.07 Å². The molecule has 1 aliphatic heterocycles. The molecule has 2 aliphatic rings. The Labute approximate surface area is 117 Å². The minimum atomic E-state index is -1.01. The van der Waals surface area contributed by atoms with E-state index in [-0.39, 0.29) is 23.6 Å². The lowest BCUT2D eigenvalue weighted by molar-refractivity contribution is -0.0445. The van der Waals surface area contributed by atoms with E-state index in [0.29, 0.717) is 18.7 Å². The Hall–Kier alpha value is -1.88. The molecule has 1 aliphatic carbocycles. The lowest BCUT2D eigenvalue weighted by Crippen LogP contribution is -2.51. The quantitative estimate of drug-likeness (QED) is 0.893. The summed E-state index contributed by atoms with van der Waals surface area (Å²) in [6.07, 6.45) is 3.20. The zero-order valence-electron chi connectivity index (χ0n) is 11.1. The second-order valence-electron chi connectivity index (χ2n) is 5.29. The fourth-order valence-electron chi connectivity index (χ4n) is 3.13. The van der Waals surface area contributed by atoms with E-state index in [1.54, 1.807) is 12.1 Å². The van der Waals surface area contributed by atoms with Crippen LogP contribution in [0.15, 0.2) is 24.3 Å². The molecular weight excluding hydrogens is 258 g/mol. The van der Waals surface area contributed by atoms with Crippen LogP contribution in [0.5, 0.6) is 0 Å². The molecule has 2 fully saturated rings. The van der Waals surface area contributed by atoms with Gasteiger partial charge in [0.25, 0.3) is 5.91 Å². The molecule has 106 valence electrons. The fourth-order valence-corrected chi connectivity index (χ4v) is 3.13. The number of hydrogen-bond donors (Lipinski definition) is 1. The van der Waals surface area contributed by atoms with Gasteiger partial charge in [0.15, 0.2) is 0 Å². The monoisotopic (exact) mass is 275 g/mol. The maximum atomic E-state index is 12.6. The maximum Gasteiger partial charge on any atom is 0.335 e. The van der Waals surface area contributed by atoms with Crippen LogP contribution in [0.3, 0.4) is 0 Å². The molecule has 5 heteroatoms. The smallest absolute Gasteiger partial charge is 0.335 e. The summed E-state index contributed by atoms with van der Waals surface area (Å²) in [6.45, 7) is 1.14. The van der Waals surface area contributed by atoms with Crippen molar-refractivity contribution < 1.29 is 19.4 Å². The highest BCUT2D eigenvalue weighted by molar-refractivity contribution is 5.97. The molecular formula is C15H17NO4. The minimum Gasteiger partial charge on any atom is -0.478 e. The van der Waals surface area contributed by atoms with E-state index in [1.807, 2.05) is 4.90 Å². The predicted octanol–water partition coefficient (Wildman–Crippen LogP) is 1.78. The van der Waals surface area contributed by atoms with Crippen LogP contribution >= 0.6 is 0 Å². The van der Waals surface area contributed by atoms with Crippen molar-refractivity contribution >= 4 is 11.9 Å². The summed E-state index contributed by atoms with van der Waals surface area (Å²) in [4.78, 5) is 25.4. The fraction of sp³-hybridized carbons (Fsp3) is 0.467. The number of fused-ring (bicyclic) bond motifs is 1. The average Bonchev–Trinajstić information content (AvgIpc) is 2.95. The largest absolute Gasteiger partial charge is 0.478 e. The third-order valence-electron chi connectivity index (χ3n) is 4.10. The Morgan fingerprint density at radius 3 is 2.85 bits per heavy atom. The van der Waals surface area contributed by atoms with Crippen LogP contribution in [0, 0.1) is 0 Å². The lowest BCUT2D eigenvalue weighted by Gasteiger charge is -2.37. The molecule has 0 spiro atoms. The number of benzene rings is 1. The van der Waals surface area contributed by atoms with Gasteiger partial charge in [0, 0.05) is 12.1 Å². The summed E-state index contributed by atoms with van der Waals surface area (Å²) in [5.41, 5.74) is 0.588. The molecule has 0 radical (unpaired) electrons. The molecule has 0 bridgehead atoms. The topological polar surface area (TPSA) is 66.8 Å². The van der Waals surface area contributed by atoms with Gasteiger partial charge in [0.05, 0.1) is 24.3 Å². The van der Waals surface area contributed by atoms with Crippen molar-refractivity contribution in [1.82, 2.24) is 4.90 Å². The number of nitrogens with zero attached hydrogens (tertiary/aromatic N) is 1. The van der Waals surface area contributed by atoms with Gasteiger partial charge in [-0.2, -0.15) is 0 Å². The van der Waals surface area contributed by atoms with Crippen molar-refractivity contribution in [3.8, 4) is 0 Å². The minimum absolute atomic E-state index is 0.0895. The Kier molecular flexibility index (Phi) is 3.44. The van der Waals surface area contributed by atoms with E-state index < -0.39 is 5.97 Å². The number of hydrogen-bond acceptors (Lipinski definition) is 3. The van der Waals surface area contributed by atoms with Gasteiger partial charge >= 0.3 is 5.97 Å². The van der Waals surface area contributed by atoms with E-state index >= 15 is 0 Å². The maximum absolute atomic E-state index is 12.6. The van der Waals surface area contributed by atoms with Crippen LogP contribution in [-0.2, 0) is 4.74 Å². The van der Waals surface area contributed by atoms with Crippen molar-refractivity contribution in [2.75, 3.05) is 13.2 Å². The molecule has 0 unspecified atom stereocenters. The second kappa shape index (κ2) is 5.25. The molecule has 1 amide bonds. The van der Waals surface area contributed by atoms with Crippen molar-refractivity contribution in [1.29, 1.82) is 0 Å². The molecule has 1 aromatic rings. The normalized spacial score (nSPS) is 25.3. The first-order valence-electron chi connectivity index (χ1n) is 6.93. The van der Waals surface area contributed by atoms with E-state index in [4.69, 9.17) is 9.84 Å². The molecule has 20 heavy (non-hydrogen) atoms. The third kappa shape index (κ3) is 2.29. The van der Waals surface area contributed by atoms with E-state index in [9.17, 15) is 9.59 Å². The van der Waals surface area contributed by atoms with Gasteiger partial charge in [-0.05, 0) is 37.5 Å². The zero-order chi connectivity index (χ0) is 14.1. The first-order chi connectivity index (χ1) is 9.66. The van der Waals surface area contributed by atoms with Crippen molar-refractivity contribution in [3.05, 3.63) is 35.4 Å². The number of aromatic carboxylic acids is 1. The van der Waals surface area contributed by atoms with Crippen LogP contribution in [0.2, 0.25) is 0 Å². The SMILES string of the molecule is O=C(O)c1cccc(C(=O)N2CCO[C@H]3CCC[C@H]32)c1. The number of carbonyl (C=O) groups is 2. The van der Waals surface area contributed by atoms with Gasteiger partial charge in [-0.3, -0.25) is 4.79 Å². The van der Waals surface area contributed by atoms with Crippen LogP contribution in [0.1, 0.15) is 40.0 Å². The Bertz CT molecular complexity index is 542. The second-order valence-corrected chi connectivity index (χ2v) is 5.29. The number of amides is 1. The van der Waals surface area contributed by atoms with Crippen LogP contribution in [0.4, 0.5) is 0 Å². The Morgan fingerprint density at radius 2 is 2.05 bits per heavy atom. The average molecular weight is 275 g/mol. The summed E-state index contributed by atoms with van der Waals surface area (Å²) in [7, 11) is 0. The number of rotatable bonds is 2. The van der Waals surface area contributed by atoms with Crippen LogP contribution in [-0.4, -0.2) is 47.2 Å². The highest BCUT2D eigenvalue weighted by Crippen LogP contribution is 2.30. The van der Waals surface area contributed by atoms with E-state index in [0.717, 1.165) is 19.3 Å². The molecule has 3 rings (SSSR count).